The van der Waals surface area contributed by atoms with Gasteiger partial charge in [0.2, 0.25) is 9.84 Å². The fourth-order valence-corrected chi connectivity index (χ4v) is 3.87. The van der Waals surface area contributed by atoms with Crippen LogP contribution in [0.1, 0.15) is 19.4 Å². The molecule has 1 aromatic carbocycles. The molecule has 4 nitrogen and oxygen atoms in total. The van der Waals surface area contributed by atoms with Gasteiger partial charge in [-0.2, -0.15) is 0 Å². The highest BCUT2D eigenvalue weighted by atomic mass is 32.2. The largest absolute Gasteiger partial charge is 0.287 e. The minimum absolute atomic E-state index is 0.150. The first-order chi connectivity index (χ1) is 8.25. The smallest absolute Gasteiger partial charge is 0.208 e. The van der Waals surface area contributed by atoms with Crippen molar-refractivity contribution in [2.45, 2.75) is 36.7 Å². The van der Waals surface area contributed by atoms with E-state index in [1.54, 1.807) is 12.1 Å². The molecule has 0 spiro atoms. The number of nitrogens with one attached hydrogen (secondary N) is 1. The highest BCUT2D eigenvalue weighted by Crippen LogP contribution is 2.27. The van der Waals surface area contributed by atoms with Gasteiger partial charge in [0.05, 0.1) is 4.90 Å². The van der Waals surface area contributed by atoms with Crippen LogP contribution in [0.2, 0.25) is 0 Å². The molecule has 1 unspecified atom stereocenters. The highest BCUT2D eigenvalue weighted by molar-refractivity contribution is 7.92. The normalized spacial score (nSPS) is 24.3. The number of nitrogens with zero attached hydrogens (tertiary/aromatic N) is 1. The molecule has 0 aromatic heterocycles. The first-order valence-corrected chi connectivity index (χ1v) is 7.57. The van der Waals surface area contributed by atoms with Gasteiger partial charge < -0.3 is 0 Å². The SMILES string of the molecule is Cc1ccc(S(=O)(=O)C2NCC(C)(C)N2C)cc1. The molecule has 100 valence electrons. The molecule has 1 aliphatic heterocycles. The molecule has 0 amide bonds. The molecule has 1 N–H and O–H groups in total. The van der Waals surface area contributed by atoms with Crippen LogP contribution in [-0.2, 0) is 9.84 Å². The lowest BCUT2D eigenvalue weighted by Gasteiger charge is -2.30. The van der Waals surface area contributed by atoms with Gasteiger partial charge in [0.1, 0.15) is 0 Å². The predicted molar refractivity (Wildman–Crippen MR) is 72.0 cm³/mol. The van der Waals surface area contributed by atoms with E-state index in [4.69, 9.17) is 0 Å². The van der Waals surface area contributed by atoms with Gasteiger partial charge in [-0.1, -0.05) is 17.7 Å². The highest BCUT2D eigenvalue weighted by Gasteiger charge is 2.43. The van der Waals surface area contributed by atoms with Gasteiger partial charge in [-0.15, -0.1) is 0 Å². The number of aryl methyl sites for hydroxylation is 1. The van der Waals surface area contributed by atoms with E-state index in [0.717, 1.165) is 5.56 Å². The van der Waals surface area contributed by atoms with Gasteiger partial charge >= 0.3 is 0 Å². The Morgan fingerprint density at radius 2 is 1.83 bits per heavy atom. The molecule has 0 radical (unpaired) electrons. The second kappa shape index (κ2) is 4.33. The van der Waals surface area contributed by atoms with Crippen LogP contribution in [0.3, 0.4) is 0 Å². The molecule has 0 saturated carbocycles. The molecular weight excluding hydrogens is 248 g/mol. The fourth-order valence-electron chi connectivity index (χ4n) is 2.09. The van der Waals surface area contributed by atoms with Gasteiger partial charge in [0.25, 0.3) is 0 Å². The number of likely N-dealkylation sites (N-methyl/N-ethyl adjacent to an activating group) is 1. The lowest BCUT2D eigenvalue weighted by atomic mass is 10.1. The Morgan fingerprint density at radius 1 is 1.28 bits per heavy atom. The summed E-state index contributed by atoms with van der Waals surface area (Å²) in [7, 11) is -1.52. The van der Waals surface area contributed by atoms with E-state index in [1.165, 1.54) is 0 Å². The van der Waals surface area contributed by atoms with E-state index >= 15 is 0 Å². The molecule has 5 heteroatoms. The van der Waals surface area contributed by atoms with Crippen molar-refractivity contribution in [1.29, 1.82) is 0 Å². The van der Waals surface area contributed by atoms with Crippen LogP contribution in [0, 0.1) is 6.92 Å². The van der Waals surface area contributed by atoms with Crippen LogP contribution in [0.4, 0.5) is 0 Å². The minimum Gasteiger partial charge on any atom is -0.287 e. The maximum absolute atomic E-state index is 12.5. The second-order valence-electron chi connectivity index (χ2n) is 5.51. The van der Waals surface area contributed by atoms with Gasteiger partial charge in [0, 0.05) is 12.1 Å². The van der Waals surface area contributed by atoms with Crippen molar-refractivity contribution in [2.24, 2.45) is 0 Å². The maximum Gasteiger partial charge on any atom is 0.208 e. The molecule has 0 aliphatic carbocycles. The third-order valence-electron chi connectivity index (χ3n) is 3.66. The topological polar surface area (TPSA) is 49.4 Å². The molecule has 1 aliphatic rings. The minimum atomic E-state index is -3.36. The molecular formula is C13H20N2O2S. The summed E-state index contributed by atoms with van der Waals surface area (Å²) in [6.07, 6.45) is 0. The van der Waals surface area contributed by atoms with Gasteiger partial charge in [-0.25, -0.2) is 8.42 Å². The summed E-state index contributed by atoms with van der Waals surface area (Å²) >= 11 is 0. The zero-order chi connectivity index (χ0) is 13.6. The van der Waals surface area contributed by atoms with Crippen molar-refractivity contribution in [1.82, 2.24) is 10.2 Å². The van der Waals surface area contributed by atoms with E-state index in [2.05, 4.69) is 5.32 Å². The molecule has 1 fully saturated rings. The third kappa shape index (κ3) is 2.18. The Labute approximate surface area is 109 Å². The van der Waals surface area contributed by atoms with Crippen molar-refractivity contribution in [3.63, 3.8) is 0 Å². The van der Waals surface area contributed by atoms with E-state index in [0.29, 0.717) is 11.4 Å². The molecule has 1 atom stereocenters. The van der Waals surface area contributed by atoms with Crippen molar-refractivity contribution in [3.05, 3.63) is 29.8 Å². The number of benzene rings is 1. The van der Waals surface area contributed by atoms with Crippen LogP contribution in [0.25, 0.3) is 0 Å². The van der Waals surface area contributed by atoms with E-state index < -0.39 is 15.3 Å². The van der Waals surface area contributed by atoms with Crippen molar-refractivity contribution in [3.8, 4) is 0 Å². The monoisotopic (exact) mass is 268 g/mol. The zero-order valence-electron chi connectivity index (χ0n) is 11.3. The molecule has 0 bridgehead atoms. The standard InChI is InChI=1S/C13H20N2O2S/c1-10-5-7-11(8-6-10)18(16,17)12-14-9-13(2,3)15(12)4/h5-8,12,14H,9H2,1-4H3. The first kappa shape index (κ1) is 13.5. The predicted octanol–water partition coefficient (Wildman–Crippen LogP) is 1.37. The van der Waals surface area contributed by atoms with Crippen LogP contribution in [0.15, 0.2) is 29.2 Å². The number of rotatable bonds is 2. The zero-order valence-corrected chi connectivity index (χ0v) is 12.1. The van der Waals surface area contributed by atoms with Crippen molar-refractivity contribution < 1.29 is 8.42 Å². The lowest BCUT2D eigenvalue weighted by Crippen LogP contribution is -2.45. The van der Waals surface area contributed by atoms with E-state index in [1.807, 2.05) is 44.9 Å². The second-order valence-corrected chi connectivity index (χ2v) is 7.52. The summed E-state index contributed by atoms with van der Waals surface area (Å²) in [6, 6.07) is 7.00. The summed E-state index contributed by atoms with van der Waals surface area (Å²) in [5.41, 5.74) is 0.264. The summed E-state index contributed by atoms with van der Waals surface area (Å²) in [4.78, 5) is 2.25. The van der Waals surface area contributed by atoms with Crippen molar-refractivity contribution >= 4 is 9.84 Å². The van der Waals surface area contributed by atoms with Crippen LogP contribution in [0.5, 0.6) is 0 Å². The van der Waals surface area contributed by atoms with E-state index in [9.17, 15) is 8.42 Å². The van der Waals surface area contributed by atoms with Gasteiger partial charge in [-0.05, 0) is 40.0 Å². The fraction of sp³-hybridized carbons (Fsp3) is 0.538. The van der Waals surface area contributed by atoms with Gasteiger partial charge in [0.15, 0.2) is 5.50 Å². The Morgan fingerprint density at radius 3 is 2.28 bits per heavy atom. The summed E-state index contributed by atoms with van der Waals surface area (Å²) < 4.78 is 25.1. The van der Waals surface area contributed by atoms with Crippen LogP contribution in [-0.4, -0.2) is 37.9 Å². The quantitative estimate of drug-likeness (QED) is 0.880. The van der Waals surface area contributed by atoms with E-state index in [-0.39, 0.29) is 5.54 Å². The Kier molecular flexibility index (Phi) is 3.25. The number of sulfone groups is 1. The van der Waals surface area contributed by atoms with Crippen LogP contribution >= 0.6 is 0 Å². The number of hydrogen-bond acceptors (Lipinski definition) is 4. The van der Waals surface area contributed by atoms with Gasteiger partial charge in [-0.3, -0.25) is 10.2 Å². The summed E-state index contributed by atoms with van der Waals surface area (Å²) in [5, 5.41) is 3.09. The molecule has 1 saturated heterocycles. The Bertz CT molecular complexity index is 535. The first-order valence-electron chi connectivity index (χ1n) is 6.02. The Balaban J connectivity index is 2.36. The van der Waals surface area contributed by atoms with Crippen molar-refractivity contribution in [2.75, 3.05) is 13.6 Å². The average molecular weight is 268 g/mol. The summed E-state index contributed by atoms with van der Waals surface area (Å²) in [6.45, 7) is 6.67. The lowest BCUT2D eigenvalue weighted by molar-refractivity contribution is 0.208. The maximum atomic E-state index is 12.5. The average Bonchev–Trinajstić information content (AvgIpc) is 2.55. The summed E-state index contributed by atoms with van der Waals surface area (Å²) in [5.74, 6) is 0. The molecule has 1 heterocycles. The molecule has 1 aromatic rings. The third-order valence-corrected chi connectivity index (χ3v) is 5.66. The Hall–Kier alpha value is -0.910. The molecule has 2 rings (SSSR count). The number of hydrogen-bond donors (Lipinski definition) is 1. The van der Waals surface area contributed by atoms with Crippen LogP contribution < -0.4 is 5.32 Å². The molecule has 18 heavy (non-hydrogen) atoms.